The summed E-state index contributed by atoms with van der Waals surface area (Å²) in [5.74, 6) is 0.0217. The molecule has 0 saturated heterocycles. The molecule has 0 fully saturated rings. The van der Waals surface area contributed by atoms with Crippen molar-refractivity contribution in [3.05, 3.63) is 70.9 Å². The molecule has 0 aliphatic carbocycles. The Hall–Kier alpha value is -2.06. The molecule has 0 bridgehead atoms. The molecule has 1 aromatic heterocycles. The molecule has 94 valence electrons. The van der Waals surface area contributed by atoms with Gasteiger partial charge in [-0.25, -0.2) is 0 Å². The van der Waals surface area contributed by atoms with Crippen LogP contribution >= 0.6 is 11.6 Å². The molecule has 1 heterocycles. The minimum Gasteiger partial charge on any atom is -0.350 e. The Bertz CT molecular complexity index is 759. The highest BCUT2D eigenvalue weighted by atomic mass is 35.5. The Morgan fingerprint density at radius 3 is 2.58 bits per heavy atom. The summed E-state index contributed by atoms with van der Waals surface area (Å²) in [5, 5.41) is 1.53. The van der Waals surface area contributed by atoms with E-state index in [0.29, 0.717) is 16.1 Å². The number of hydrogen-bond acceptors (Lipinski definition) is 1. The average Bonchev–Trinajstić information content (AvgIpc) is 2.75. The molecular weight excluding hydrogens is 258 g/mol. The van der Waals surface area contributed by atoms with Crippen LogP contribution in [-0.4, -0.2) is 10.4 Å². The first-order valence-corrected chi connectivity index (χ1v) is 6.39. The molecule has 0 aliphatic rings. The number of nitrogens with zero attached hydrogens (tertiary/aromatic N) is 1. The largest absolute Gasteiger partial charge is 0.350 e. The molecule has 2 aromatic carbocycles. The monoisotopic (exact) mass is 269 g/mol. The summed E-state index contributed by atoms with van der Waals surface area (Å²) >= 11 is 6.03. The summed E-state index contributed by atoms with van der Waals surface area (Å²) in [7, 11) is 1.93. The van der Waals surface area contributed by atoms with E-state index in [1.807, 2.05) is 66.3 Å². The average molecular weight is 270 g/mol. The number of ketones is 1. The zero-order chi connectivity index (χ0) is 13.4. The lowest BCUT2D eigenvalue weighted by molar-refractivity contribution is 0.104. The van der Waals surface area contributed by atoms with Gasteiger partial charge in [0.25, 0.3) is 0 Å². The maximum Gasteiger partial charge on any atom is 0.195 e. The molecule has 0 N–H and O–H groups in total. The fourth-order valence-electron chi connectivity index (χ4n) is 2.29. The quantitative estimate of drug-likeness (QED) is 0.643. The van der Waals surface area contributed by atoms with Crippen molar-refractivity contribution >= 4 is 28.3 Å². The lowest BCUT2D eigenvalue weighted by Gasteiger charge is -1.99. The highest BCUT2D eigenvalue weighted by molar-refractivity contribution is 6.31. The third kappa shape index (κ3) is 2.04. The van der Waals surface area contributed by atoms with Gasteiger partial charge in [0, 0.05) is 40.3 Å². The van der Waals surface area contributed by atoms with Gasteiger partial charge in [0.2, 0.25) is 0 Å². The Morgan fingerprint density at radius 2 is 1.84 bits per heavy atom. The standard InChI is InChI=1S/C16H12ClNO/c1-18-10-14(13-9-12(17)7-8-15(13)18)16(19)11-5-3-2-4-6-11/h2-10H,1H3. The van der Waals surface area contributed by atoms with Gasteiger partial charge in [-0.2, -0.15) is 0 Å². The van der Waals surface area contributed by atoms with Crippen molar-refractivity contribution in [1.29, 1.82) is 0 Å². The van der Waals surface area contributed by atoms with Crippen molar-refractivity contribution in [2.24, 2.45) is 7.05 Å². The number of halogens is 1. The highest BCUT2D eigenvalue weighted by Gasteiger charge is 2.15. The summed E-state index contributed by atoms with van der Waals surface area (Å²) in [4.78, 5) is 12.5. The van der Waals surface area contributed by atoms with E-state index in [1.165, 1.54) is 0 Å². The van der Waals surface area contributed by atoms with E-state index in [1.54, 1.807) is 0 Å². The predicted molar refractivity (Wildman–Crippen MR) is 77.8 cm³/mol. The summed E-state index contributed by atoms with van der Waals surface area (Å²) in [6, 6.07) is 14.9. The number of rotatable bonds is 2. The maximum atomic E-state index is 12.5. The molecule has 3 heteroatoms. The van der Waals surface area contributed by atoms with Crippen LogP contribution < -0.4 is 0 Å². The van der Waals surface area contributed by atoms with Crippen LogP contribution in [-0.2, 0) is 7.05 Å². The van der Waals surface area contributed by atoms with E-state index in [9.17, 15) is 4.79 Å². The molecule has 0 atom stereocenters. The van der Waals surface area contributed by atoms with Crippen molar-refractivity contribution < 1.29 is 4.79 Å². The highest BCUT2D eigenvalue weighted by Crippen LogP contribution is 2.26. The second-order valence-corrected chi connectivity index (χ2v) is 4.95. The molecule has 0 amide bonds. The van der Waals surface area contributed by atoms with Gasteiger partial charge in [-0.1, -0.05) is 41.9 Å². The number of hydrogen-bond donors (Lipinski definition) is 0. The van der Waals surface area contributed by atoms with Gasteiger partial charge in [0.15, 0.2) is 5.78 Å². The predicted octanol–water partition coefficient (Wildman–Crippen LogP) is 4.06. The molecule has 2 nitrogen and oxygen atoms in total. The zero-order valence-electron chi connectivity index (χ0n) is 10.4. The summed E-state index contributed by atoms with van der Waals surface area (Å²) in [6.45, 7) is 0. The summed E-state index contributed by atoms with van der Waals surface area (Å²) in [5.41, 5.74) is 2.38. The van der Waals surface area contributed by atoms with Crippen LogP contribution in [0.1, 0.15) is 15.9 Å². The first kappa shape index (κ1) is 12.0. The van der Waals surface area contributed by atoms with Crippen LogP contribution in [0.5, 0.6) is 0 Å². The van der Waals surface area contributed by atoms with E-state index in [2.05, 4.69) is 0 Å². The van der Waals surface area contributed by atoms with Crippen molar-refractivity contribution in [1.82, 2.24) is 4.57 Å². The first-order chi connectivity index (χ1) is 9.16. The SMILES string of the molecule is Cn1cc(C(=O)c2ccccc2)c2cc(Cl)ccc21. The second-order valence-electron chi connectivity index (χ2n) is 4.51. The van der Waals surface area contributed by atoms with Crippen LogP contribution in [0.4, 0.5) is 0 Å². The molecule has 0 aliphatic heterocycles. The van der Waals surface area contributed by atoms with E-state index in [0.717, 1.165) is 10.9 Å². The van der Waals surface area contributed by atoms with Gasteiger partial charge >= 0.3 is 0 Å². The van der Waals surface area contributed by atoms with Crippen molar-refractivity contribution in [2.45, 2.75) is 0 Å². The van der Waals surface area contributed by atoms with Crippen LogP contribution in [0.25, 0.3) is 10.9 Å². The number of aryl methyl sites for hydroxylation is 1. The van der Waals surface area contributed by atoms with Gasteiger partial charge in [-0.15, -0.1) is 0 Å². The minimum absolute atomic E-state index is 0.0217. The summed E-state index contributed by atoms with van der Waals surface area (Å²) in [6.07, 6.45) is 1.86. The van der Waals surface area contributed by atoms with E-state index < -0.39 is 0 Å². The Morgan fingerprint density at radius 1 is 1.11 bits per heavy atom. The molecule has 0 unspecified atom stereocenters. The molecular formula is C16H12ClNO. The molecule has 3 aromatic rings. The zero-order valence-corrected chi connectivity index (χ0v) is 11.2. The first-order valence-electron chi connectivity index (χ1n) is 6.01. The molecule has 3 rings (SSSR count). The van der Waals surface area contributed by atoms with E-state index in [4.69, 9.17) is 11.6 Å². The lowest BCUT2D eigenvalue weighted by atomic mass is 10.0. The number of fused-ring (bicyclic) bond motifs is 1. The van der Waals surface area contributed by atoms with Gasteiger partial charge in [0.1, 0.15) is 0 Å². The van der Waals surface area contributed by atoms with Crippen LogP contribution in [0.3, 0.4) is 0 Å². The fraction of sp³-hybridized carbons (Fsp3) is 0.0625. The molecule has 0 radical (unpaired) electrons. The summed E-state index contributed by atoms with van der Waals surface area (Å²) < 4.78 is 1.95. The van der Waals surface area contributed by atoms with Crippen LogP contribution in [0, 0.1) is 0 Å². The molecule has 0 saturated carbocycles. The van der Waals surface area contributed by atoms with Gasteiger partial charge in [0.05, 0.1) is 0 Å². The fourth-order valence-corrected chi connectivity index (χ4v) is 2.46. The van der Waals surface area contributed by atoms with Gasteiger partial charge in [-0.3, -0.25) is 4.79 Å². The van der Waals surface area contributed by atoms with Crippen molar-refractivity contribution in [3.8, 4) is 0 Å². The Labute approximate surface area is 116 Å². The Balaban J connectivity index is 2.21. The molecule has 0 spiro atoms. The van der Waals surface area contributed by atoms with Gasteiger partial charge in [-0.05, 0) is 18.2 Å². The van der Waals surface area contributed by atoms with Gasteiger partial charge < -0.3 is 4.57 Å². The van der Waals surface area contributed by atoms with Crippen LogP contribution in [0.2, 0.25) is 5.02 Å². The third-order valence-corrected chi connectivity index (χ3v) is 3.47. The van der Waals surface area contributed by atoms with Crippen LogP contribution in [0.15, 0.2) is 54.7 Å². The number of carbonyl (C=O) groups excluding carboxylic acids is 1. The van der Waals surface area contributed by atoms with Crippen molar-refractivity contribution in [3.63, 3.8) is 0 Å². The number of benzene rings is 2. The smallest absolute Gasteiger partial charge is 0.195 e. The van der Waals surface area contributed by atoms with Crippen molar-refractivity contribution in [2.75, 3.05) is 0 Å². The minimum atomic E-state index is 0.0217. The van der Waals surface area contributed by atoms with E-state index >= 15 is 0 Å². The number of carbonyl (C=O) groups is 1. The maximum absolute atomic E-state index is 12.5. The van der Waals surface area contributed by atoms with E-state index in [-0.39, 0.29) is 5.78 Å². The normalized spacial score (nSPS) is 10.8. The third-order valence-electron chi connectivity index (χ3n) is 3.23. The number of aromatic nitrogens is 1. The Kier molecular flexibility index (Phi) is 2.88. The lowest BCUT2D eigenvalue weighted by Crippen LogP contribution is -1.99. The molecule has 19 heavy (non-hydrogen) atoms. The topological polar surface area (TPSA) is 22.0 Å². The second kappa shape index (κ2) is 4.56.